The third kappa shape index (κ3) is 6.99. The highest BCUT2D eigenvalue weighted by Crippen LogP contribution is 2.21. The molecule has 1 heterocycles. The summed E-state index contributed by atoms with van der Waals surface area (Å²) in [5.74, 6) is 0.543. The third-order valence-corrected chi connectivity index (χ3v) is 4.20. The van der Waals surface area contributed by atoms with Crippen molar-refractivity contribution < 1.29 is 19.0 Å². The molecule has 0 saturated carbocycles. The number of aromatic nitrogens is 1. The second-order valence-corrected chi connectivity index (χ2v) is 6.50. The average molecular weight is 391 g/mol. The van der Waals surface area contributed by atoms with Crippen LogP contribution in [-0.2, 0) is 27.3 Å². The molecule has 0 atom stereocenters. The van der Waals surface area contributed by atoms with E-state index in [-0.39, 0.29) is 12.4 Å². The zero-order chi connectivity index (χ0) is 19.5. The summed E-state index contributed by atoms with van der Waals surface area (Å²) in [6.45, 7) is 5.36. The van der Waals surface area contributed by atoms with Gasteiger partial charge in [-0.3, -0.25) is 10.2 Å². The van der Waals surface area contributed by atoms with Gasteiger partial charge in [-0.05, 0) is 37.1 Å². The van der Waals surface area contributed by atoms with E-state index in [4.69, 9.17) is 14.2 Å². The van der Waals surface area contributed by atoms with Crippen LogP contribution >= 0.6 is 11.3 Å². The lowest BCUT2D eigenvalue weighted by Gasteiger charge is -2.11. The van der Waals surface area contributed by atoms with Gasteiger partial charge in [0.15, 0.2) is 0 Å². The van der Waals surface area contributed by atoms with Gasteiger partial charge < -0.3 is 14.2 Å². The van der Waals surface area contributed by atoms with Crippen molar-refractivity contribution in [3.8, 4) is 5.75 Å². The summed E-state index contributed by atoms with van der Waals surface area (Å²) in [6.07, 6.45) is 2.82. The standard InChI is InChI=1S/C19H25N3O4S/c1-4-8-26-17-7-6-14(9-15(17)12-24-3)11-20-22-19-21-16(13-27-19)10-18(23)25-5-2/h6-7,9,11,13H,4-5,8,10,12H2,1-3H3,(H,21,22). The number of methoxy groups -OCH3 is 1. The molecule has 7 nitrogen and oxygen atoms in total. The molecule has 1 aromatic heterocycles. The summed E-state index contributed by atoms with van der Waals surface area (Å²) in [6, 6.07) is 5.84. The summed E-state index contributed by atoms with van der Waals surface area (Å²) >= 11 is 1.38. The Labute approximate surface area is 163 Å². The van der Waals surface area contributed by atoms with Crippen LogP contribution in [0.2, 0.25) is 0 Å². The molecule has 27 heavy (non-hydrogen) atoms. The number of benzene rings is 1. The topological polar surface area (TPSA) is 82.0 Å². The molecule has 1 N–H and O–H groups in total. The minimum atomic E-state index is -0.283. The number of rotatable bonds is 11. The molecule has 0 spiro atoms. The quantitative estimate of drug-likeness (QED) is 0.358. The summed E-state index contributed by atoms with van der Waals surface area (Å²) in [4.78, 5) is 15.8. The molecule has 0 amide bonds. The molecule has 146 valence electrons. The zero-order valence-corrected chi connectivity index (χ0v) is 16.7. The normalized spacial score (nSPS) is 10.9. The Hall–Kier alpha value is -2.45. The summed E-state index contributed by atoms with van der Waals surface area (Å²) < 4.78 is 15.9. The van der Waals surface area contributed by atoms with Crippen LogP contribution in [0.5, 0.6) is 5.75 Å². The van der Waals surface area contributed by atoms with Gasteiger partial charge in [-0.15, -0.1) is 11.3 Å². The van der Waals surface area contributed by atoms with E-state index >= 15 is 0 Å². The number of hydrogen-bond donors (Lipinski definition) is 1. The summed E-state index contributed by atoms with van der Waals surface area (Å²) in [5, 5.41) is 6.64. The van der Waals surface area contributed by atoms with Gasteiger partial charge in [0.25, 0.3) is 0 Å². The Morgan fingerprint density at radius 1 is 1.37 bits per heavy atom. The molecule has 8 heteroatoms. The van der Waals surface area contributed by atoms with Crippen LogP contribution in [0.3, 0.4) is 0 Å². The fourth-order valence-corrected chi connectivity index (χ4v) is 2.92. The van der Waals surface area contributed by atoms with E-state index in [2.05, 4.69) is 22.4 Å². The van der Waals surface area contributed by atoms with Gasteiger partial charge in [-0.1, -0.05) is 6.92 Å². The summed E-state index contributed by atoms with van der Waals surface area (Å²) in [7, 11) is 1.66. The third-order valence-electron chi connectivity index (χ3n) is 3.40. The number of hydrogen-bond acceptors (Lipinski definition) is 8. The predicted octanol–water partition coefficient (Wildman–Crippen LogP) is 3.63. The van der Waals surface area contributed by atoms with Gasteiger partial charge in [0.2, 0.25) is 5.13 Å². The van der Waals surface area contributed by atoms with Crippen LogP contribution in [0.15, 0.2) is 28.7 Å². The van der Waals surface area contributed by atoms with Crippen LogP contribution in [0, 0.1) is 0 Å². The number of ether oxygens (including phenoxy) is 3. The predicted molar refractivity (Wildman–Crippen MR) is 107 cm³/mol. The van der Waals surface area contributed by atoms with Crippen molar-refractivity contribution in [2.75, 3.05) is 25.7 Å². The lowest BCUT2D eigenvalue weighted by molar-refractivity contribution is -0.142. The van der Waals surface area contributed by atoms with E-state index in [0.717, 1.165) is 23.3 Å². The van der Waals surface area contributed by atoms with E-state index in [1.165, 1.54) is 11.3 Å². The number of nitrogens with one attached hydrogen (secondary N) is 1. The van der Waals surface area contributed by atoms with E-state index in [9.17, 15) is 4.79 Å². The minimum Gasteiger partial charge on any atom is -0.493 e. The number of carbonyl (C=O) groups excluding carboxylic acids is 1. The van der Waals surface area contributed by atoms with Crippen molar-refractivity contribution in [2.24, 2.45) is 5.10 Å². The monoisotopic (exact) mass is 391 g/mol. The molecule has 0 radical (unpaired) electrons. The second kappa shape index (κ2) is 11.3. The van der Waals surface area contributed by atoms with Crippen LogP contribution < -0.4 is 10.2 Å². The van der Waals surface area contributed by atoms with Crippen molar-refractivity contribution in [1.29, 1.82) is 0 Å². The van der Waals surface area contributed by atoms with Gasteiger partial charge in [0.05, 0.1) is 38.1 Å². The molecule has 0 saturated heterocycles. The van der Waals surface area contributed by atoms with Crippen molar-refractivity contribution >= 4 is 28.7 Å². The number of esters is 1. The van der Waals surface area contributed by atoms with E-state index in [1.807, 2.05) is 23.6 Å². The maximum Gasteiger partial charge on any atom is 0.311 e. The van der Waals surface area contributed by atoms with Crippen molar-refractivity contribution in [1.82, 2.24) is 4.98 Å². The van der Waals surface area contributed by atoms with E-state index < -0.39 is 0 Å². The highest BCUT2D eigenvalue weighted by Gasteiger charge is 2.08. The maximum atomic E-state index is 11.5. The summed E-state index contributed by atoms with van der Waals surface area (Å²) in [5.41, 5.74) is 5.44. The number of anilines is 1. The Bertz CT molecular complexity index is 761. The molecule has 0 fully saturated rings. The van der Waals surface area contributed by atoms with Gasteiger partial charge in [-0.25, -0.2) is 4.98 Å². The largest absolute Gasteiger partial charge is 0.493 e. The zero-order valence-electron chi connectivity index (χ0n) is 15.9. The molecular formula is C19H25N3O4S. The number of carbonyl (C=O) groups is 1. The number of hydrazone groups is 1. The van der Waals surface area contributed by atoms with Gasteiger partial charge in [0, 0.05) is 18.1 Å². The molecule has 2 rings (SSSR count). The molecular weight excluding hydrogens is 366 g/mol. The SMILES string of the molecule is CCCOc1ccc(C=NNc2nc(CC(=O)OCC)cs2)cc1COC. The van der Waals surface area contributed by atoms with Crippen LogP contribution in [-0.4, -0.2) is 37.5 Å². The first-order valence-corrected chi connectivity index (χ1v) is 9.68. The van der Waals surface area contributed by atoms with Gasteiger partial charge in [-0.2, -0.15) is 5.10 Å². The first kappa shape index (κ1) is 20.9. The first-order chi connectivity index (χ1) is 13.2. The maximum absolute atomic E-state index is 11.5. The smallest absolute Gasteiger partial charge is 0.311 e. The molecule has 2 aromatic rings. The first-order valence-electron chi connectivity index (χ1n) is 8.80. The molecule has 0 aliphatic heterocycles. The lowest BCUT2D eigenvalue weighted by Crippen LogP contribution is -2.07. The van der Waals surface area contributed by atoms with Crippen LogP contribution in [0.4, 0.5) is 5.13 Å². The van der Waals surface area contributed by atoms with E-state index in [1.54, 1.807) is 20.2 Å². The second-order valence-electron chi connectivity index (χ2n) is 5.64. The number of nitrogens with zero attached hydrogens (tertiary/aromatic N) is 2. The Morgan fingerprint density at radius 3 is 2.96 bits per heavy atom. The molecule has 0 bridgehead atoms. The van der Waals surface area contributed by atoms with Crippen molar-refractivity contribution in [2.45, 2.75) is 33.3 Å². The fourth-order valence-electron chi connectivity index (χ4n) is 2.26. The van der Waals surface area contributed by atoms with Crippen molar-refractivity contribution in [3.05, 3.63) is 40.4 Å². The van der Waals surface area contributed by atoms with Gasteiger partial charge >= 0.3 is 5.97 Å². The minimum absolute atomic E-state index is 0.162. The number of thiazole rings is 1. The molecule has 1 aromatic carbocycles. The van der Waals surface area contributed by atoms with Crippen molar-refractivity contribution in [3.63, 3.8) is 0 Å². The molecule has 0 unspecified atom stereocenters. The van der Waals surface area contributed by atoms with Crippen LogP contribution in [0.1, 0.15) is 37.1 Å². The molecule has 0 aliphatic carbocycles. The highest BCUT2D eigenvalue weighted by atomic mass is 32.1. The van der Waals surface area contributed by atoms with Crippen LogP contribution in [0.25, 0.3) is 0 Å². The van der Waals surface area contributed by atoms with Gasteiger partial charge in [0.1, 0.15) is 5.75 Å². The Balaban J connectivity index is 1.96. The lowest BCUT2D eigenvalue weighted by atomic mass is 10.1. The Morgan fingerprint density at radius 2 is 2.22 bits per heavy atom. The fraction of sp³-hybridized carbons (Fsp3) is 0.421. The highest BCUT2D eigenvalue weighted by molar-refractivity contribution is 7.13. The Kier molecular flexibility index (Phi) is 8.73. The average Bonchev–Trinajstić information content (AvgIpc) is 3.08. The van der Waals surface area contributed by atoms with E-state index in [0.29, 0.717) is 30.6 Å². The molecule has 0 aliphatic rings.